The number of aliphatic hydroxyl groups excluding tert-OH is 1. The van der Waals surface area contributed by atoms with E-state index in [0.29, 0.717) is 18.4 Å². The van der Waals surface area contributed by atoms with Crippen molar-refractivity contribution in [2.75, 3.05) is 33.4 Å². The van der Waals surface area contributed by atoms with Gasteiger partial charge in [-0.2, -0.15) is 0 Å². The van der Waals surface area contributed by atoms with E-state index in [-0.39, 0.29) is 13.1 Å². The van der Waals surface area contributed by atoms with Crippen LogP contribution < -0.4 is 5.73 Å². The second-order valence-corrected chi connectivity index (χ2v) is 10.7. The quantitative estimate of drug-likeness (QED) is 0.520. The van der Waals surface area contributed by atoms with Gasteiger partial charge in [-0.25, -0.2) is 17.1 Å². The van der Waals surface area contributed by atoms with Gasteiger partial charge < -0.3 is 25.5 Å². The number of amides is 3. The third-order valence-corrected chi connectivity index (χ3v) is 7.83. The summed E-state index contributed by atoms with van der Waals surface area (Å²) in [6.07, 6.45) is -0.0133. The van der Waals surface area contributed by atoms with E-state index < -0.39 is 63.0 Å². The van der Waals surface area contributed by atoms with Crippen molar-refractivity contribution in [1.82, 2.24) is 19.0 Å². The molecule has 2 atom stereocenters. The summed E-state index contributed by atoms with van der Waals surface area (Å²) < 4.78 is 38.9. The van der Waals surface area contributed by atoms with Crippen LogP contribution in [0.3, 0.4) is 0 Å². The van der Waals surface area contributed by atoms with Crippen LogP contribution in [0.15, 0.2) is 35.7 Å². The highest BCUT2D eigenvalue weighted by atomic mass is 32.2. The van der Waals surface area contributed by atoms with Gasteiger partial charge in [0, 0.05) is 34.2 Å². The zero-order chi connectivity index (χ0) is 25.4. The van der Waals surface area contributed by atoms with Crippen LogP contribution in [0.5, 0.6) is 0 Å². The molecule has 2 aliphatic rings. The molecule has 1 aromatic rings. The lowest BCUT2D eigenvalue weighted by Crippen LogP contribution is -2.67. The second kappa shape index (κ2) is 9.58. The minimum atomic E-state index is -3.83. The van der Waals surface area contributed by atoms with Gasteiger partial charge in [-0.3, -0.25) is 14.4 Å². The van der Waals surface area contributed by atoms with Crippen molar-refractivity contribution in [3.63, 3.8) is 0 Å². The lowest BCUT2D eigenvalue weighted by Gasteiger charge is -2.52. The molecule has 0 aliphatic carbocycles. The molecular weight excluding hydrogens is 469 g/mol. The lowest BCUT2D eigenvalue weighted by molar-refractivity contribution is -0.153. The van der Waals surface area contributed by atoms with Gasteiger partial charge >= 0.3 is 0 Å². The van der Waals surface area contributed by atoms with E-state index in [0.717, 1.165) is 4.31 Å². The fourth-order valence-electron chi connectivity index (χ4n) is 4.25. The molecule has 0 aromatic heterocycles. The number of nitrogens with zero attached hydrogens (tertiary/aromatic N) is 4. The molecule has 0 bridgehead atoms. The molecule has 0 radical (unpaired) electrons. The number of hydrogen-bond donors (Lipinski definition) is 2. The van der Waals surface area contributed by atoms with Gasteiger partial charge in [0.25, 0.3) is 11.8 Å². The maximum absolute atomic E-state index is 13.4. The number of fused-ring (bicyclic) bond motifs is 1. The fourth-order valence-corrected chi connectivity index (χ4v) is 5.02. The summed E-state index contributed by atoms with van der Waals surface area (Å²) in [6.45, 7) is 0.222. The number of nitrogens with two attached hydrogens (primary N) is 1. The number of carbonyl (C=O) groups excluding carboxylic acids is 3. The van der Waals surface area contributed by atoms with E-state index >= 15 is 0 Å². The number of rotatable bonds is 7. The summed E-state index contributed by atoms with van der Waals surface area (Å²) in [7, 11) is 0.246. The Morgan fingerprint density at radius 1 is 1.21 bits per heavy atom. The largest absolute Gasteiger partial charge is 0.501 e. The summed E-state index contributed by atoms with van der Waals surface area (Å²) >= 11 is 0. The van der Waals surface area contributed by atoms with Crippen molar-refractivity contribution < 1.29 is 32.3 Å². The molecule has 3 N–H and O–H groups in total. The molecular formula is C21H28FN5O6S. The first-order valence-electron chi connectivity index (χ1n) is 10.6. The number of halogens is 1. The Labute approximate surface area is 197 Å². The lowest BCUT2D eigenvalue weighted by atomic mass is 9.95. The van der Waals surface area contributed by atoms with E-state index in [1.54, 1.807) is 0 Å². The Hall–Kier alpha value is -3.19. The molecule has 3 amide bonds. The first-order valence-corrected chi connectivity index (χ1v) is 12.2. The molecule has 11 nitrogen and oxygen atoms in total. The summed E-state index contributed by atoms with van der Waals surface area (Å²) in [6, 6.07) is 4.74. The van der Waals surface area contributed by atoms with Crippen LogP contribution in [0, 0.1) is 5.82 Å². The molecule has 2 unspecified atom stereocenters. The SMILES string of the molecule is CN(C(=O)CS(=O)(=O)N(C)C)C1CCCN2C(=O)C(O)=C(C(N)=O)N(Cc3ccc(F)cc3)C12. The predicted molar refractivity (Wildman–Crippen MR) is 120 cm³/mol. The van der Waals surface area contributed by atoms with Crippen molar-refractivity contribution in [3.05, 3.63) is 47.1 Å². The van der Waals surface area contributed by atoms with E-state index in [1.165, 1.54) is 60.1 Å². The number of likely N-dealkylation sites (N-methyl/N-ethyl adjacent to an activating group) is 1. The summed E-state index contributed by atoms with van der Waals surface area (Å²) in [5.74, 6) is -4.57. The van der Waals surface area contributed by atoms with Crippen molar-refractivity contribution in [2.24, 2.45) is 5.73 Å². The van der Waals surface area contributed by atoms with Crippen LogP contribution in [0.4, 0.5) is 4.39 Å². The van der Waals surface area contributed by atoms with Crippen molar-refractivity contribution >= 4 is 27.7 Å². The number of primary amides is 1. The van der Waals surface area contributed by atoms with E-state index in [1.807, 2.05) is 0 Å². The molecule has 1 aromatic carbocycles. The van der Waals surface area contributed by atoms with Gasteiger partial charge in [0.05, 0.1) is 6.04 Å². The molecule has 13 heteroatoms. The van der Waals surface area contributed by atoms with Crippen LogP contribution in [-0.2, 0) is 31.0 Å². The maximum atomic E-state index is 13.4. The van der Waals surface area contributed by atoms with Crippen molar-refractivity contribution in [2.45, 2.75) is 31.6 Å². The Morgan fingerprint density at radius 2 is 1.82 bits per heavy atom. The molecule has 34 heavy (non-hydrogen) atoms. The molecule has 1 fully saturated rings. The summed E-state index contributed by atoms with van der Waals surface area (Å²) in [5, 5.41) is 10.5. The highest BCUT2D eigenvalue weighted by Gasteiger charge is 2.48. The first kappa shape index (κ1) is 25.4. The Morgan fingerprint density at radius 3 is 2.38 bits per heavy atom. The molecule has 2 aliphatic heterocycles. The van der Waals surface area contributed by atoms with Gasteiger partial charge in [-0.15, -0.1) is 0 Å². The maximum Gasteiger partial charge on any atom is 0.292 e. The Balaban J connectivity index is 2.03. The number of aliphatic hydroxyl groups is 1. The van der Waals surface area contributed by atoms with Crippen molar-refractivity contribution in [3.8, 4) is 0 Å². The number of benzene rings is 1. The average Bonchev–Trinajstić information content (AvgIpc) is 2.77. The van der Waals surface area contributed by atoms with Gasteiger partial charge in [-0.1, -0.05) is 12.1 Å². The summed E-state index contributed by atoms with van der Waals surface area (Å²) in [5.41, 5.74) is 5.67. The first-order chi connectivity index (χ1) is 15.8. The van der Waals surface area contributed by atoms with E-state index in [9.17, 15) is 32.3 Å². The van der Waals surface area contributed by atoms with Crippen LogP contribution in [0.25, 0.3) is 0 Å². The molecule has 0 spiro atoms. The van der Waals surface area contributed by atoms with Gasteiger partial charge in [-0.05, 0) is 30.5 Å². The van der Waals surface area contributed by atoms with Crippen LogP contribution in [-0.4, -0.2) is 95.9 Å². The van der Waals surface area contributed by atoms with Crippen LogP contribution in [0.1, 0.15) is 18.4 Å². The smallest absolute Gasteiger partial charge is 0.292 e. The number of piperidine rings is 1. The number of carbonyl (C=O) groups is 3. The highest BCUT2D eigenvalue weighted by Crippen LogP contribution is 2.34. The fraction of sp³-hybridized carbons (Fsp3) is 0.476. The summed E-state index contributed by atoms with van der Waals surface area (Å²) in [4.78, 5) is 42.1. The monoisotopic (exact) mass is 497 g/mol. The van der Waals surface area contributed by atoms with E-state index in [2.05, 4.69) is 0 Å². The molecule has 0 saturated carbocycles. The third-order valence-electron chi connectivity index (χ3n) is 6.11. The Kier molecular flexibility index (Phi) is 7.17. The average molecular weight is 498 g/mol. The predicted octanol–water partition coefficient (Wildman–Crippen LogP) is -0.437. The van der Waals surface area contributed by atoms with Crippen LogP contribution >= 0.6 is 0 Å². The zero-order valence-corrected chi connectivity index (χ0v) is 20.0. The van der Waals surface area contributed by atoms with Crippen molar-refractivity contribution in [1.29, 1.82) is 0 Å². The number of hydrogen-bond acceptors (Lipinski definition) is 7. The number of sulfonamides is 1. The minimum Gasteiger partial charge on any atom is -0.501 e. The standard InChI is InChI=1S/C21H28FN5O6S/c1-24(2)34(32,33)12-16(28)25(3)15-5-4-10-26-20(15)27(11-13-6-8-14(22)9-7-13)17(19(23)30)18(29)21(26)31/h6-9,15,20,29H,4-5,10-12H2,1-3H3,(H2,23,30). The molecule has 3 rings (SSSR count). The normalized spacial score (nSPS) is 21.0. The minimum absolute atomic E-state index is 0.0222. The topological polar surface area (TPSA) is 145 Å². The second-order valence-electron chi connectivity index (χ2n) is 8.48. The molecule has 1 saturated heterocycles. The van der Waals surface area contributed by atoms with E-state index in [4.69, 9.17) is 5.73 Å². The molecule has 186 valence electrons. The van der Waals surface area contributed by atoms with Gasteiger partial charge in [0.15, 0.2) is 5.70 Å². The van der Waals surface area contributed by atoms with Gasteiger partial charge in [0.2, 0.25) is 21.7 Å². The Bertz CT molecular complexity index is 1120. The van der Waals surface area contributed by atoms with Gasteiger partial charge in [0.1, 0.15) is 17.7 Å². The zero-order valence-electron chi connectivity index (χ0n) is 19.1. The highest BCUT2D eigenvalue weighted by molar-refractivity contribution is 7.89. The van der Waals surface area contributed by atoms with Crippen LogP contribution in [0.2, 0.25) is 0 Å². The molecule has 2 heterocycles. The third kappa shape index (κ3) is 4.85.